The molecule has 88 valence electrons. The first-order valence-electron chi connectivity index (χ1n) is 4.74. The Hall–Kier alpha value is -0.750. The lowest BCUT2D eigenvalue weighted by molar-refractivity contribution is -0.221. The first-order valence-corrected chi connectivity index (χ1v) is 4.74. The summed E-state index contributed by atoms with van der Waals surface area (Å²) in [7, 11) is 1.75. The van der Waals surface area contributed by atoms with E-state index in [2.05, 4.69) is 0 Å². The standard InChI is InChI=1S/C9H15F2NO3/c1-6-5-8(15,3-4-12(6)2)9(10,11)7(13)14/h6,15H,3-5H2,1-2H3,(H,13,14). The topological polar surface area (TPSA) is 60.8 Å². The number of piperidine rings is 1. The quantitative estimate of drug-likeness (QED) is 0.717. The summed E-state index contributed by atoms with van der Waals surface area (Å²) in [4.78, 5) is 12.2. The molecule has 0 radical (unpaired) electrons. The molecule has 2 N–H and O–H groups in total. The Balaban J connectivity index is 2.89. The predicted octanol–water partition coefficient (Wildman–Crippen LogP) is 0.552. The van der Waals surface area contributed by atoms with Crippen molar-refractivity contribution in [1.29, 1.82) is 0 Å². The van der Waals surface area contributed by atoms with Gasteiger partial charge in [0.15, 0.2) is 0 Å². The summed E-state index contributed by atoms with van der Waals surface area (Å²) in [6, 6.07) is -0.256. The highest BCUT2D eigenvalue weighted by Crippen LogP contribution is 2.39. The Labute approximate surface area is 86.5 Å². The fourth-order valence-electron chi connectivity index (χ4n) is 1.81. The lowest BCUT2D eigenvalue weighted by Gasteiger charge is -2.43. The van der Waals surface area contributed by atoms with Crippen LogP contribution in [-0.4, -0.2) is 52.2 Å². The fourth-order valence-corrected chi connectivity index (χ4v) is 1.81. The summed E-state index contributed by atoms with van der Waals surface area (Å²) in [5.41, 5.74) is -2.43. The van der Waals surface area contributed by atoms with Crippen molar-refractivity contribution >= 4 is 5.97 Å². The van der Waals surface area contributed by atoms with Gasteiger partial charge in [-0.25, -0.2) is 4.79 Å². The number of alkyl halides is 2. The lowest BCUT2D eigenvalue weighted by atomic mass is 9.82. The number of likely N-dealkylation sites (tertiary alicyclic amines) is 1. The molecule has 1 aliphatic heterocycles. The molecule has 0 aromatic heterocycles. The number of aliphatic carboxylic acids is 1. The summed E-state index contributed by atoms with van der Waals surface area (Å²) >= 11 is 0. The molecule has 1 rings (SSSR count). The molecule has 2 unspecified atom stereocenters. The van der Waals surface area contributed by atoms with E-state index in [4.69, 9.17) is 5.11 Å². The number of halogens is 2. The molecule has 0 aliphatic carbocycles. The number of hydrogen-bond acceptors (Lipinski definition) is 3. The Morgan fingerprint density at radius 2 is 2.13 bits per heavy atom. The molecule has 1 fully saturated rings. The molecule has 15 heavy (non-hydrogen) atoms. The SMILES string of the molecule is CC1CC(O)(C(F)(F)C(=O)O)CCN1C. The van der Waals surface area contributed by atoms with Gasteiger partial charge < -0.3 is 15.1 Å². The van der Waals surface area contributed by atoms with Crippen LogP contribution in [0, 0.1) is 0 Å². The van der Waals surface area contributed by atoms with E-state index in [-0.39, 0.29) is 25.4 Å². The number of nitrogens with zero attached hydrogens (tertiary/aromatic N) is 1. The van der Waals surface area contributed by atoms with Gasteiger partial charge in [0.2, 0.25) is 0 Å². The fraction of sp³-hybridized carbons (Fsp3) is 0.889. The first-order chi connectivity index (χ1) is 6.71. The van der Waals surface area contributed by atoms with Gasteiger partial charge in [0.05, 0.1) is 0 Å². The molecule has 0 amide bonds. The van der Waals surface area contributed by atoms with Crippen LogP contribution in [0.3, 0.4) is 0 Å². The van der Waals surface area contributed by atoms with Crippen LogP contribution in [0.1, 0.15) is 19.8 Å². The van der Waals surface area contributed by atoms with Gasteiger partial charge >= 0.3 is 11.9 Å². The van der Waals surface area contributed by atoms with Crippen molar-refractivity contribution in [2.45, 2.75) is 37.3 Å². The number of aliphatic hydroxyl groups is 1. The van der Waals surface area contributed by atoms with E-state index in [0.717, 1.165) is 0 Å². The van der Waals surface area contributed by atoms with Crippen molar-refractivity contribution in [2.75, 3.05) is 13.6 Å². The van der Waals surface area contributed by atoms with Crippen LogP contribution in [0.5, 0.6) is 0 Å². The molecule has 0 bridgehead atoms. The zero-order chi connectivity index (χ0) is 11.9. The third-order valence-corrected chi connectivity index (χ3v) is 3.12. The normalized spacial score (nSPS) is 34.1. The Morgan fingerprint density at radius 3 is 2.53 bits per heavy atom. The van der Waals surface area contributed by atoms with Crippen molar-refractivity contribution in [2.24, 2.45) is 0 Å². The zero-order valence-corrected chi connectivity index (χ0v) is 8.70. The van der Waals surface area contributed by atoms with Crippen LogP contribution in [0.4, 0.5) is 8.78 Å². The van der Waals surface area contributed by atoms with Gasteiger partial charge in [-0.2, -0.15) is 8.78 Å². The van der Waals surface area contributed by atoms with E-state index < -0.39 is 17.5 Å². The van der Waals surface area contributed by atoms with Gasteiger partial charge in [-0.05, 0) is 26.8 Å². The summed E-state index contributed by atoms with van der Waals surface area (Å²) < 4.78 is 26.5. The van der Waals surface area contributed by atoms with Gasteiger partial charge in [0.25, 0.3) is 0 Å². The Morgan fingerprint density at radius 1 is 1.60 bits per heavy atom. The number of carboxylic acid groups (broad SMARTS) is 1. The van der Waals surface area contributed by atoms with Crippen LogP contribution in [0.15, 0.2) is 0 Å². The van der Waals surface area contributed by atoms with E-state index in [1.54, 1.807) is 14.0 Å². The van der Waals surface area contributed by atoms with Crippen molar-refractivity contribution < 1.29 is 23.8 Å². The number of carbonyl (C=O) groups is 1. The second kappa shape index (κ2) is 3.68. The molecule has 4 nitrogen and oxygen atoms in total. The summed E-state index contributed by atoms with van der Waals surface area (Å²) in [5.74, 6) is -6.34. The average molecular weight is 223 g/mol. The number of rotatable bonds is 2. The van der Waals surface area contributed by atoms with Crippen LogP contribution in [0.2, 0.25) is 0 Å². The first kappa shape index (κ1) is 12.3. The van der Waals surface area contributed by atoms with E-state index in [0.29, 0.717) is 0 Å². The molecule has 0 aromatic rings. The molecule has 0 spiro atoms. The second-order valence-corrected chi connectivity index (χ2v) is 4.19. The molecule has 2 atom stereocenters. The van der Waals surface area contributed by atoms with Crippen molar-refractivity contribution in [1.82, 2.24) is 4.90 Å². The zero-order valence-electron chi connectivity index (χ0n) is 8.70. The maximum atomic E-state index is 13.2. The van der Waals surface area contributed by atoms with E-state index in [9.17, 15) is 18.7 Å². The van der Waals surface area contributed by atoms with E-state index in [1.165, 1.54) is 0 Å². The van der Waals surface area contributed by atoms with Gasteiger partial charge in [0.1, 0.15) is 5.60 Å². The van der Waals surface area contributed by atoms with Crippen molar-refractivity contribution in [3.8, 4) is 0 Å². The second-order valence-electron chi connectivity index (χ2n) is 4.19. The summed E-state index contributed by atoms with van der Waals surface area (Å²) in [6.45, 7) is 1.95. The smallest absolute Gasteiger partial charge is 0.377 e. The van der Waals surface area contributed by atoms with Crippen LogP contribution in [0.25, 0.3) is 0 Å². The predicted molar refractivity (Wildman–Crippen MR) is 48.9 cm³/mol. The summed E-state index contributed by atoms with van der Waals surface area (Å²) in [6.07, 6.45) is -0.462. The highest BCUT2D eigenvalue weighted by atomic mass is 19.3. The minimum absolute atomic E-state index is 0.229. The molecular formula is C9H15F2NO3. The highest BCUT2D eigenvalue weighted by Gasteiger charge is 2.60. The van der Waals surface area contributed by atoms with Crippen LogP contribution < -0.4 is 0 Å². The number of carboxylic acids is 1. The van der Waals surface area contributed by atoms with Gasteiger partial charge in [-0.3, -0.25) is 0 Å². The third-order valence-electron chi connectivity index (χ3n) is 3.12. The molecule has 6 heteroatoms. The molecule has 1 saturated heterocycles. The van der Waals surface area contributed by atoms with Crippen molar-refractivity contribution in [3.05, 3.63) is 0 Å². The largest absolute Gasteiger partial charge is 0.477 e. The Kier molecular flexibility index (Phi) is 3.02. The maximum absolute atomic E-state index is 13.2. The van der Waals surface area contributed by atoms with Gasteiger partial charge in [0, 0.05) is 12.6 Å². The van der Waals surface area contributed by atoms with Gasteiger partial charge in [-0.15, -0.1) is 0 Å². The molecule has 0 saturated carbocycles. The summed E-state index contributed by atoms with van der Waals surface area (Å²) in [5, 5.41) is 18.1. The van der Waals surface area contributed by atoms with Crippen molar-refractivity contribution in [3.63, 3.8) is 0 Å². The average Bonchev–Trinajstić information content (AvgIpc) is 2.11. The van der Waals surface area contributed by atoms with E-state index >= 15 is 0 Å². The van der Waals surface area contributed by atoms with E-state index in [1.807, 2.05) is 4.90 Å². The van der Waals surface area contributed by atoms with Gasteiger partial charge in [-0.1, -0.05) is 0 Å². The lowest BCUT2D eigenvalue weighted by Crippen LogP contribution is -2.60. The Bertz CT molecular complexity index is 272. The molecule has 0 aromatic carbocycles. The highest BCUT2D eigenvalue weighted by molar-refractivity contribution is 5.77. The minimum Gasteiger partial charge on any atom is -0.477 e. The van der Waals surface area contributed by atoms with Crippen LogP contribution >= 0.6 is 0 Å². The third kappa shape index (κ3) is 1.96. The minimum atomic E-state index is -4.08. The molecular weight excluding hydrogens is 208 g/mol. The maximum Gasteiger partial charge on any atom is 0.377 e. The van der Waals surface area contributed by atoms with Crippen LogP contribution in [-0.2, 0) is 4.79 Å². The molecule has 1 heterocycles. The monoisotopic (exact) mass is 223 g/mol. The molecule has 1 aliphatic rings. The number of hydrogen-bond donors (Lipinski definition) is 2.